The van der Waals surface area contributed by atoms with Crippen LogP contribution in [0.3, 0.4) is 0 Å². The van der Waals surface area contributed by atoms with E-state index in [0.717, 1.165) is 17.5 Å². The number of amides is 1. The van der Waals surface area contributed by atoms with Gasteiger partial charge in [-0.3, -0.25) is 4.79 Å². The molecule has 2 aromatic rings. The lowest BCUT2D eigenvalue weighted by molar-refractivity contribution is -0.122. The molecule has 0 spiro atoms. The van der Waals surface area contributed by atoms with Crippen molar-refractivity contribution in [3.8, 4) is 0 Å². The van der Waals surface area contributed by atoms with Crippen LogP contribution >= 0.6 is 34.8 Å². The maximum atomic E-state index is 12.3. The third kappa shape index (κ3) is 5.01. The summed E-state index contributed by atoms with van der Waals surface area (Å²) < 4.78 is 0. The zero-order valence-electron chi connectivity index (χ0n) is 14.8. The first kappa shape index (κ1) is 20.1. The second kappa shape index (κ2) is 9.05. The molecule has 4 nitrogen and oxygen atoms in total. The van der Waals surface area contributed by atoms with E-state index in [0.29, 0.717) is 27.9 Å². The smallest absolute Gasteiger partial charge is 0.220 e. The van der Waals surface area contributed by atoms with Gasteiger partial charge in [-0.25, -0.2) is 0 Å². The van der Waals surface area contributed by atoms with Gasteiger partial charge in [0.05, 0.1) is 18.1 Å². The molecule has 142 valence electrons. The van der Waals surface area contributed by atoms with E-state index < -0.39 is 0 Å². The summed E-state index contributed by atoms with van der Waals surface area (Å²) >= 11 is 18.4. The number of halogens is 3. The van der Waals surface area contributed by atoms with Gasteiger partial charge in [0.2, 0.25) is 5.91 Å². The third-order valence-corrected chi connectivity index (χ3v) is 5.36. The maximum Gasteiger partial charge on any atom is 0.220 e. The number of hydrogen-bond donors (Lipinski definition) is 1. The molecule has 1 amide bonds. The molecule has 3 atom stereocenters. The molecule has 27 heavy (non-hydrogen) atoms. The van der Waals surface area contributed by atoms with Crippen LogP contribution in [-0.2, 0) is 4.79 Å². The monoisotopic (exact) mass is 423 g/mol. The molecule has 0 saturated heterocycles. The molecule has 1 aliphatic rings. The van der Waals surface area contributed by atoms with Crippen LogP contribution in [0.4, 0.5) is 0 Å². The topological polar surface area (TPSA) is 53.8 Å². The molecule has 1 N–H and O–H groups in total. The van der Waals surface area contributed by atoms with Gasteiger partial charge in [0.15, 0.2) is 0 Å². The lowest BCUT2D eigenvalue weighted by Gasteiger charge is -2.24. The molecule has 0 bridgehead atoms. The van der Waals surface area contributed by atoms with E-state index in [1.807, 2.05) is 37.3 Å². The van der Waals surface area contributed by atoms with E-state index in [4.69, 9.17) is 34.8 Å². The summed E-state index contributed by atoms with van der Waals surface area (Å²) in [6.45, 7) is 1.97. The predicted octanol–water partition coefficient (Wildman–Crippen LogP) is 6.57. The number of nitrogens with zero attached hydrogens (tertiary/aromatic N) is 2. The van der Waals surface area contributed by atoms with Crippen molar-refractivity contribution in [2.24, 2.45) is 10.2 Å². The minimum Gasteiger partial charge on any atom is -0.347 e. The lowest BCUT2D eigenvalue weighted by atomic mass is 9.93. The highest BCUT2D eigenvalue weighted by Crippen LogP contribution is 2.38. The van der Waals surface area contributed by atoms with Gasteiger partial charge in [0, 0.05) is 27.9 Å². The summed E-state index contributed by atoms with van der Waals surface area (Å²) in [6, 6.07) is 12.3. The van der Waals surface area contributed by atoms with Gasteiger partial charge < -0.3 is 5.32 Å². The fourth-order valence-electron chi connectivity index (χ4n) is 3.19. The van der Waals surface area contributed by atoms with Gasteiger partial charge >= 0.3 is 0 Å². The minimum atomic E-state index is -0.352. The van der Waals surface area contributed by atoms with Crippen LogP contribution in [0.1, 0.15) is 49.4 Å². The van der Waals surface area contributed by atoms with Crippen LogP contribution in [0, 0.1) is 0 Å². The molecule has 1 aliphatic heterocycles. The van der Waals surface area contributed by atoms with Gasteiger partial charge in [-0.05, 0) is 41.8 Å². The molecule has 0 radical (unpaired) electrons. The van der Waals surface area contributed by atoms with Crippen molar-refractivity contribution in [1.82, 2.24) is 5.32 Å². The highest BCUT2D eigenvalue weighted by atomic mass is 35.5. The number of azo groups is 1. The lowest BCUT2D eigenvalue weighted by Crippen LogP contribution is -2.35. The van der Waals surface area contributed by atoms with Crippen LogP contribution in [0.2, 0.25) is 15.1 Å². The minimum absolute atomic E-state index is 0.0290. The van der Waals surface area contributed by atoms with Crippen molar-refractivity contribution in [1.29, 1.82) is 0 Å². The standard InChI is InChI=1S/C20H20Cl3N3O/c1-2-3-19(27)24-20(15-9-8-14(22)10-16(15)23)18-11-17(25-26-18)12-4-6-13(21)7-5-12/h4-10,17-18,20H,2-3,11H2,1H3,(H,24,27). The average Bonchev–Trinajstić information content (AvgIpc) is 3.11. The number of carbonyl (C=O) groups excluding carboxylic acids is 1. The van der Waals surface area contributed by atoms with E-state index in [-0.39, 0.29) is 24.0 Å². The molecule has 1 heterocycles. The van der Waals surface area contributed by atoms with E-state index >= 15 is 0 Å². The molecular weight excluding hydrogens is 405 g/mol. The molecule has 0 aromatic heterocycles. The van der Waals surface area contributed by atoms with Crippen LogP contribution in [0.25, 0.3) is 0 Å². The van der Waals surface area contributed by atoms with Gasteiger partial charge in [0.1, 0.15) is 0 Å². The predicted molar refractivity (Wildman–Crippen MR) is 110 cm³/mol. The van der Waals surface area contributed by atoms with Crippen LogP contribution in [0.5, 0.6) is 0 Å². The fourth-order valence-corrected chi connectivity index (χ4v) is 3.84. The molecule has 3 unspecified atom stereocenters. The largest absolute Gasteiger partial charge is 0.347 e. The first-order valence-corrected chi connectivity index (χ1v) is 10.0. The zero-order valence-corrected chi connectivity index (χ0v) is 17.1. The first-order valence-electron chi connectivity index (χ1n) is 8.87. The summed E-state index contributed by atoms with van der Waals surface area (Å²) in [4.78, 5) is 12.3. The Morgan fingerprint density at radius 3 is 2.48 bits per heavy atom. The van der Waals surface area contributed by atoms with E-state index in [1.54, 1.807) is 12.1 Å². The molecule has 0 aliphatic carbocycles. The highest BCUT2D eigenvalue weighted by Gasteiger charge is 2.33. The number of rotatable bonds is 6. The maximum absolute atomic E-state index is 12.3. The summed E-state index contributed by atoms with van der Waals surface area (Å²) in [5.41, 5.74) is 1.85. The third-order valence-electron chi connectivity index (χ3n) is 4.55. The summed E-state index contributed by atoms with van der Waals surface area (Å²) in [7, 11) is 0. The van der Waals surface area contributed by atoms with Crippen LogP contribution < -0.4 is 5.32 Å². The van der Waals surface area contributed by atoms with Crippen molar-refractivity contribution in [2.45, 2.75) is 44.3 Å². The SMILES string of the molecule is CCCC(=O)NC(c1ccc(Cl)cc1Cl)C1CC(c2ccc(Cl)cc2)N=N1. The molecule has 0 saturated carbocycles. The van der Waals surface area contributed by atoms with Crippen LogP contribution in [-0.4, -0.2) is 11.9 Å². The number of carbonyl (C=O) groups is 1. The Balaban J connectivity index is 1.83. The average molecular weight is 425 g/mol. The van der Waals surface area contributed by atoms with Crippen LogP contribution in [0.15, 0.2) is 52.7 Å². The normalized spacial score (nSPS) is 19.9. The second-order valence-corrected chi connectivity index (χ2v) is 7.84. The van der Waals surface area contributed by atoms with Gasteiger partial charge in [-0.2, -0.15) is 10.2 Å². The molecule has 3 rings (SSSR count). The molecule has 2 aromatic carbocycles. The Labute approximate surface area is 173 Å². The number of hydrogen-bond acceptors (Lipinski definition) is 3. The number of benzene rings is 2. The summed E-state index contributed by atoms with van der Waals surface area (Å²) in [5.74, 6) is -0.0290. The van der Waals surface area contributed by atoms with E-state index in [9.17, 15) is 4.79 Å². The fraction of sp³-hybridized carbons (Fsp3) is 0.350. The first-order chi connectivity index (χ1) is 13.0. The highest BCUT2D eigenvalue weighted by molar-refractivity contribution is 6.35. The Hall–Kier alpha value is -1.62. The Kier molecular flexibility index (Phi) is 6.74. The van der Waals surface area contributed by atoms with Gasteiger partial charge in [-0.1, -0.05) is 59.9 Å². The number of nitrogens with one attached hydrogen (secondary N) is 1. The van der Waals surface area contributed by atoms with Crippen molar-refractivity contribution in [3.05, 3.63) is 68.7 Å². The Morgan fingerprint density at radius 2 is 1.81 bits per heavy atom. The van der Waals surface area contributed by atoms with E-state index in [1.165, 1.54) is 0 Å². The van der Waals surface area contributed by atoms with E-state index in [2.05, 4.69) is 15.5 Å². The Morgan fingerprint density at radius 1 is 1.11 bits per heavy atom. The molecule has 7 heteroatoms. The van der Waals surface area contributed by atoms with Gasteiger partial charge in [0.25, 0.3) is 0 Å². The summed E-state index contributed by atoms with van der Waals surface area (Å²) in [6.07, 6.45) is 1.90. The summed E-state index contributed by atoms with van der Waals surface area (Å²) in [5, 5.41) is 13.7. The Bertz CT molecular complexity index is 839. The van der Waals surface area contributed by atoms with Crippen molar-refractivity contribution >= 4 is 40.7 Å². The molecule has 0 fully saturated rings. The second-order valence-electron chi connectivity index (χ2n) is 6.56. The van der Waals surface area contributed by atoms with Crippen molar-refractivity contribution in [2.75, 3.05) is 0 Å². The van der Waals surface area contributed by atoms with Crippen molar-refractivity contribution in [3.63, 3.8) is 0 Å². The zero-order chi connectivity index (χ0) is 19.4. The molecular formula is C20H20Cl3N3O. The quantitative estimate of drug-likeness (QED) is 0.560. The van der Waals surface area contributed by atoms with Gasteiger partial charge in [-0.15, -0.1) is 0 Å². The van der Waals surface area contributed by atoms with Crippen molar-refractivity contribution < 1.29 is 4.79 Å².